The van der Waals surface area contributed by atoms with Crippen molar-refractivity contribution in [2.45, 2.75) is 44.6 Å². The van der Waals surface area contributed by atoms with Gasteiger partial charge in [-0.1, -0.05) is 25.4 Å². The van der Waals surface area contributed by atoms with Crippen LogP contribution in [0.2, 0.25) is 5.02 Å². The van der Waals surface area contributed by atoms with Crippen LogP contribution in [0.1, 0.15) is 59.8 Å². The molecular formula is C27H31ClN2O4S. The summed E-state index contributed by atoms with van der Waals surface area (Å²) in [6.07, 6.45) is 0. The van der Waals surface area contributed by atoms with Crippen LogP contribution >= 0.6 is 11.6 Å². The summed E-state index contributed by atoms with van der Waals surface area (Å²) in [5.41, 5.74) is 4.02. The van der Waals surface area contributed by atoms with Crippen LogP contribution in [0, 0.1) is 6.92 Å². The number of hydrogen-bond acceptors (Lipinski definition) is 4. The number of halogens is 1. The molecule has 3 aromatic carbocycles. The zero-order valence-corrected chi connectivity index (χ0v) is 22.4. The molecule has 0 heterocycles. The van der Waals surface area contributed by atoms with Gasteiger partial charge in [0.1, 0.15) is 5.75 Å². The number of carbonyl (C=O) groups is 1. The number of anilines is 1. The van der Waals surface area contributed by atoms with Gasteiger partial charge in [0.15, 0.2) is 0 Å². The average molecular weight is 515 g/mol. The van der Waals surface area contributed by atoms with Crippen molar-refractivity contribution >= 4 is 33.2 Å². The molecule has 1 amide bonds. The third-order valence-corrected chi connectivity index (χ3v) is 8.07. The molecule has 0 unspecified atom stereocenters. The molecule has 0 aliphatic rings. The van der Waals surface area contributed by atoms with Crippen LogP contribution in [0.3, 0.4) is 0 Å². The molecule has 0 saturated carbocycles. The molecule has 0 aliphatic heterocycles. The van der Waals surface area contributed by atoms with Gasteiger partial charge in [-0.3, -0.25) is 9.10 Å². The lowest BCUT2D eigenvalue weighted by molar-refractivity contribution is 0.0940. The largest absolute Gasteiger partial charge is 0.496 e. The molecule has 3 aromatic rings. The lowest BCUT2D eigenvalue weighted by Crippen LogP contribution is -2.28. The Bertz CT molecular complexity index is 1300. The number of rotatable bonds is 8. The second kappa shape index (κ2) is 10.7. The van der Waals surface area contributed by atoms with E-state index in [1.165, 1.54) is 35.6 Å². The van der Waals surface area contributed by atoms with Crippen molar-refractivity contribution in [3.05, 3.63) is 87.9 Å². The number of nitrogens with zero attached hydrogens (tertiary/aromatic N) is 1. The smallest absolute Gasteiger partial charge is 0.264 e. The number of hydrogen-bond donors (Lipinski definition) is 1. The van der Waals surface area contributed by atoms with Crippen molar-refractivity contribution in [2.24, 2.45) is 0 Å². The molecule has 8 heteroatoms. The summed E-state index contributed by atoms with van der Waals surface area (Å²) in [5.74, 6) is 0.877. The fourth-order valence-corrected chi connectivity index (χ4v) is 5.22. The van der Waals surface area contributed by atoms with Crippen LogP contribution < -0.4 is 14.4 Å². The maximum absolute atomic E-state index is 12.9. The Morgan fingerprint density at radius 3 is 2.11 bits per heavy atom. The number of sulfonamides is 1. The Morgan fingerprint density at radius 2 is 1.57 bits per heavy atom. The predicted octanol–water partition coefficient (Wildman–Crippen LogP) is 6.10. The molecule has 6 nitrogen and oxygen atoms in total. The van der Waals surface area contributed by atoms with E-state index in [1.807, 2.05) is 19.9 Å². The van der Waals surface area contributed by atoms with Gasteiger partial charge in [-0.15, -0.1) is 0 Å². The minimum absolute atomic E-state index is 0.135. The summed E-state index contributed by atoms with van der Waals surface area (Å²) in [5, 5.41) is 3.50. The third-order valence-electron chi connectivity index (χ3n) is 6.02. The van der Waals surface area contributed by atoms with Crippen molar-refractivity contribution < 1.29 is 17.9 Å². The van der Waals surface area contributed by atoms with Gasteiger partial charge in [-0.05, 0) is 97.1 Å². The fraction of sp³-hybridized carbons (Fsp3) is 0.296. The highest BCUT2D eigenvalue weighted by atomic mass is 35.5. The summed E-state index contributed by atoms with van der Waals surface area (Å²) >= 11 is 5.87. The van der Waals surface area contributed by atoms with Crippen molar-refractivity contribution in [3.8, 4) is 5.75 Å². The van der Waals surface area contributed by atoms with E-state index >= 15 is 0 Å². The molecule has 1 N–H and O–H groups in total. The van der Waals surface area contributed by atoms with E-state index in [2.05, 4.69) is 25.2 Å². The normalized spacial score (nSPS) is 12.3. The first-order valence-corrected chi connectivity index (χ1v) is 13.1. The minimum Gasteiger partial charge on any atom is -0.496 e. The molecule has 0 fully saturated rings. The maximum atomic E-state index is 12.9. The number of nitrogens with one attached hydrogen (secondary N) is 1. The number of carbonyl (C=O) groups excluding carboxylic acids is 1. The zero-order valence-electron chi connectivity index (χ0n) is 20.8. The number of benzene rings is 3. The van der Waals surface area contributed by atoms with E-state index in [0.717, 1.165) is 22.4 Å². The van der Waals surface area contributed by atoms with E-state index in [9.17, 15) is 13.2 Å². The van der Waals surface area contributed by atoms with Crippen molar-refractivity contribution in [1.82, 2.24) is 5.32 Å². The molecule has 0 spiro atoms. The molecule has 3 rings (SSSR count). The Hall–Kier alpha value is -3.03. The topological polar surface area (TPSA) is 75.7 Å². The number of ether oxygens (including phenoxy) is 1. The van der Waals surface area contributed by atoms with Gasteiger partial charge in [0.05, 0.1) is 23.7 Å². The van der Waals surface area contributed by atoms with Gasteiger partial charge in [0.25, 0.3) is 15.9 Å². The molecule has 186 valence electrons. The van der Waals surface area contributed by atoms with Crippen LogP contribution in [0.4, 0.5) is 5.69 Å². The highest BCUT2D eigenvalue weighted by Gasteiger charge is 2.22. The number of amides is 1. The van der Waals surface area contributed by atoms with Gasteiger partial charge in [-0.25, -0.2) is 8.42 Å². The maximum Gasteiger partial charge on any atom is 0.264 e. The molecule has 0 radical (unpaired) electrons. The lowest BCUT2D eigenvalue weighted by Gasteiger charge is -2.22. The Balaban J connectivity index is 1.77. The average Bonchev–Trinajstić information content (AvgIpc) is 2.83. The lowest BCUT2D eigenvalue weighted by atomic mass is 9.93. The Labute approximate surface area is 212 Å². The third kappa shape index (κ3) is 5.80. The molecule has 0 aromatic heterocycles. The number of methoxy groups -OCH3 is 1. The van der Waals surface area contributed by atoms with Gasteiger partial charge in [0, 0.05) is 17.6 Å². The first kappa shape index (κ1) is 26.6. The zero-order chi connectivity index (χ0) is 25.9. The first-order valence-electron chi connectivity index (χ1n) is 11.3. The summed E-state index contributed by atoms with van der Waals surface area (Å²) in [7, 11) is -0.623. The molecule has 0 bridgehead atoms. The van der Waals surface area contributed by atoms with Crippen molar-refractivity contribution in [1.29, 1.82) is 0 Å². The fourth-order valence-electron chi connectivity index (χ4n) is 3.89. The van der Waals surface area contributed by atoms with Crippen molar-refractivity contribution in [2.75, 3.05) is 18.5 Å². The summed E-state index contributed by atoms with van der Waals surface area (Å²) in [6.45, 7) is 8.14. The van der Waals surface area contributed by atoms with Crippen LogP contribution in [0.5, 0.6) is 5.75 Å². The summed E-state index contributed by atoms with van der Waals surface area (Å²) in [6, 6.07) is 16.3. The Kier molecular flexibility index (Phi) is 8.13. The summed E-state index contributed by atoms with van der Waals surface area (Å²) in [4.78, 5) is 13.1. The highest BCUT2D eigenvalue weighted by molar-refractivity contribution is 7.92. The molecular weight excluding hydrogens is 484 g/mol. The highest BCUT2D eigenvalue weighted by Crippen LogP contribution is 2.32. The standard InChI is InChI=1S/C27H31ClN2O4S/c1-17(2)24-16-25(18(3)15-26(24)34-6)19(4)29-27(31)20-7-11-22(12-8-20)30(5)35(32,33)23-13-9-21(28)10-14-23/h7-17,19H,1-6H3,(H,29,31)/t19-/m0/s1. The van der Waals surface area contributed by atoms with Crippen LogP contribution in [0.15, 0.2) is 65.6 Å². The van der Waals surface area contributed by atoms with Gasteiger partial charge in [0.2, 0.25) is 0 Å². The monoisotopic (exact) mass is 514 g/mol. The van der Waals surface area contributed by atoms with E-state index < -0.39 is 10.0 Å². The van der Waals surface area contributed by atoms with Gasteiger partial charge in [-0.2, -0.15) is 0 Å². The molecule has 35 heavy (non-hydrogen) atoms. The van der Waals surface area contributed by atoms with E-state index in [1.54, 1.807) is 31.4 Å². The second-order valence-electron chi connectivity index (χ2n) is 8.77. The quantitative estimate of drug-likeness (QED) is 0.394. The molecule has 0 aliphatic carbocycles. The molecule has 0 saturated heterocycles. The second-order valence-corrected chi connectivity index (χ2v) is 11.2. The predicted molar refractivity (Wildman–Crippen MR) is 141 cm³/mol. The minimum atomic E-state index is -3.75. The SMILES string of the molecule is COc1cc(C)c([C@H](C)NC(=O)c2ccc(N(C)S(=O)(=O)c3ccc(Cl)cc3)cc2)cc1C(C)C. The molecule has 1 atom stereocenters. The first-order chi connectivity index (χ1) is 16.4. The van der Waals surface area contributed by atoms with Gasteiger partial charge < -0.3 is 10.1 Å². The van der Waals surface area contributed by atoms with Gasteiger partial charge >= 0.3 is 0 Å². The summed E-state index contributed by atoms with van der Waals surface area (Å²) < 4.78 is 32.5. The Morgan fingerprint density at radius 1 is 0.971 bits per heavy atom. The van der Waals surface area contributed by atoms with Crippen LogP contribution in [0.25, 0.3) is 0 Å². The van der Waals surface area contributed by atoms with E-state index in [4.69, 9.17) is 16.3 Å². The van der Waals surface area contributed by atoms with Crippen LogP contribution in [-0.4, -0.2) is 28.5 Å². The number of aryl methyl sites for hydroxylation is 1. The van der Waals surface area contributed by atoms with E-state index in [0.29, 0.717) is 16.3 Å². The van der Waals surface area contributed by atoms with Crippen molar-refractivity contribution in [3.63, 3.8) is 0 Å². The van der Waals surface area contributed by atoms with E-state index in [-0.39, 0.29) is 22.8 Å². The van der Waals surface area contributed by atoms with Crippen LogP contribution in [-0.2, 0) is 10.0 Å².